The number of ether oxygens (including phenoxy) is 3. The first-order valence-electron chi connectivity index (χ1n) is 6.68. The van der Waals surface area contributed by atoms with Crippen LogP contribution in [0.4, 0.5) is 5.69 Å². The number of anilines is 1. The zero-order valence-electron chi connectivity index (χ0n) is 12.5. The number of aliphatic hydroxyl groups excluding tert-OH is 1. The van der Waals surface area contributed by atoms with E-state index < -0.39 is 0 Å². The van der Waals surface area contributed by atoms with Gasteiger partial charge < -0.3 is 30.4 Å². The van der Waals surface area contributed by atoms with Gasteiger partial charge in [0.15, 0.2) is 17.5 Å². The highest BCUT2D eigenvalue weighted by atomic mass is 16.5. The lowest BCUT2D eigenvalue weighted by Crippen LogP contribution is -2.23. The van der Waals surface area contributed by atoms with Gasteiger partial charge in [-0.25, -0.2) is 0 Å². The maximum Gasteiger partial charge on any atom is 0.193 e. The van der Waals surface area contributed by atoms with E-state index in [1.807, 2.05) is 6.07 Å². The maximum atomic E-state index is 8.55. The summed E-state index contributed by atoms with van der Waals surface area (Å²) in [5, 5.41) is 11.5. The third-order valence-corrected chi connectivity index (χ3v) is 2.62. The second-order valence-electron chi connectivity index (χ2n) is 4.15. The predicted octanol–water partition coefficient (Wildman–Crippen LogP) is 0.829. The Kier molecular flexibility index (Phi) is 8.00. The van der Waals surface area contributed by atoms with Crippen LogP contribution in [0.1, 0.15) is 6.42 Å². The van der Waals surface area contributed by atoms with E-state index in [1.54, 1.807) is 26.4 Å². The topological polar surface area (TPSA) is 98.3 Å². The summed E-state index contributed by atoms with van der Waals surface area (Å²) in [5.41, 5.74) is 6.56. The van der Waals surface area contributed by atoms with Gasteiger partial charge in [-0.3, -0.25) is 4.99 Å². The fraction of sp³-hybridized carbons (Fsp3) is 0.500. The molecule has 0 aliphatic heterocycles. The van der Waals surface area contributed by atoms with Crippen LogP contribution >= 0.6 is 0 Å². The molecule has 0 radical (unpaired) electrons. The average Bonchev–Trinajstić information content (AvgIpc) is 2.50. The number of hydrogen-bond donors (Lipinski definition) is 3. The Morgan fingerprint density at radius 3 is 2.67 bits per heavy atom. The van der Waals surface area contributed by atoms with Crippen LogP contribution in [0.5, 0.6) is 11.5 Å². The lowest BCUT2D eigenvalue weighted by Gasteiger charge is -2.10. The molecule has 0 heterocycles. The Bertz CT molecular complexity index is 452. The summed E-state index contributed by atoms with van der Waals surface area (Å²) in [4.78, 5) is 4.18. The molecule has 0 amide bonds. The summed E-state index contributed by atoms with van der Waals surface area (Å²) >= 11 is 0. The van der Waals surface area contributed by atoms with Crippen molar-refractivity contribution in [2.45, 2.75) is 6.42 Å². The number of methoxy groups -OCH3 is 2. The number of hydrogen-bond acceptors (Lipinski definition) is 5. The SMILES string of the molecule is COc1ccc(NC(N)=NCCCOCCO)cc1OC. The van der Waals surface area contributed by atoms with Crippen LogP contribution in [0.25, 0.3) is 0 Å². The molecule has 0 spiro atoms. The standard InChI is InChI=1S/C14H23N3O4/c1-19-12-5-4-11(10-13(12)20-2)17-14(15)16-6-3-8-21-9-7-18/h4-5,10,18H,3,6-9H2,1-2H3,(H3,15,16,17). The van der Waals surface area contributed by atoms with Crippen LogP contribution in [0.15, 0.2) is 23.2 Å². The zero-order valence-corrected chi connectivity index (χ0v) is 12.5. The molecule has 7 nitrogen and oxygen atoms in total. The van der Waals surface area contributed by atoms with E-state index >= 15 is 0 Å². The second kappa shape index (κ2) is 9.84. The van der Waals surface area contributed by atoms with Crippen LogP contribution < -0.4 is 20.5 Å². The summed E-state index contributed by atoms with van der Waals surface area (Å²) < 4.78 is 15.5. The minimum atomic E-state index is 0.0340. The van der Waals surface area contributed by atoms with Crippen molar-refractivity contribution in [3.63, 3.8) is 0 Å². The number of nitrogens with zero attached hydrogens (tertiary/aromatic N) is 1. The monoisotopic (exact) mass is 297 g/mol. The number of nitrogens with two attached hydrogens (primary N) is 1. The molecule has 21 heavy (non-hydrogen) atoms. The first-order chi connectivity index (χ1) is 10.2. The molecule has 0 aliphatic rings. The van der Waals surface area contributed by atoms with E-state index in [1.165, 1.54) is 0 Å². The number of aliphatic hydroxyl groups is 1. The van der Waals surface area contributed by atoms with Gasteiger partial charge in [0.05, 0.1) is 27.4 Å². The third-order valence-electron chi connectivity index (χ3n) is 2.62. The average molecular weight is 297 g/mol. The molecule has 7 heteroatoms. The Hall–Kier alpha value is -1.99. The summed E-state index contributed by atoms with van der Waals surface area (Å²) in [6.07, 6.45) is 0.744. The largest absolute Gasteiger partial charge is 0.493 e. The molecule has 0 saturated carbocycles. The first kappa shape index (κ1) is 17.1. The molecular weight excluding hydrogens is 274 g/mol. The molecule has 0 unspecified atom stereocenters. The summed E-state index contributed by atoms with van der Waals surface area (Å²) in [6, 6.07) is 5.40. The van der Waals surface area contributed by atoms with Crippen molar-refractivity contribution in [3.8, 4) is 11.5 Å². The van der Waals surface area contributed by atoms with Gasteiger partial charge in [0.25, 0.3) is 0 Å². The van der Waals surface area contributed by atoms with Gasteiger partial charge >= 0.3 is 0 Å². The van der Waals surface area contributed by atoms with E-state index in [2.05, 4.69) is 10.3 Å². The Labute approximate surface area is 124 Å². The summed E-state index contributed by atoms with van der Waals surface area (Å²) in [5.74, 6) is 1.59. The highest BCUT2D eigenvalue weighted by Crippen LogP contribution is 2.29. The van der Waals surface area contributed by atoms with Gasteiger partial charge in [-0.05, 0) is 18.6 Å². The first-order valence-corrected chi connectivity index (χ1v) is 6.68. The lowest BCUT2D eigenvalue weighted by atomic mass is 10.3. The normalized spacial score (nSPS) is 11.3. The van der Waals surface area contributed by atoms with Gasteiger partial charge in [-0.1, -0.05) is 0 Å². The van der Waals surface area contributed by atoms with Crippen LogP contribution in [0.2, 0.25) is 0 Å². The van der Waals surface area contributed by atoms with Crippen LogP contribution in [0.3, 0.4) is 0 Å². The van der Waals surface area contributed by atoms with E-state index in [-0.39, 0.29) is 6.61 Å². The van der Waals surface area contributed by atoms with Crippen molar-refractivity contribution in [3.05, 3.63) is 18.2 Å². The molecular formula is C14H23N3O4. The van der Waals surface area contributed by atoms with Gasteiger partial charge in [0.1, 0.15) is 0 Å². The highest BCUT2D eigenvalue weighted by molar-refractivity contribution is 5.92. The fourth-order valence-corrected chi connectivity index (χ4v) is 1.63. The third kappa shape index (κ3) is 6.33. The molecule has 4 N–H and O–H groups in total. The van der Waals surface area contributed by atoms with Crippen LogP contribution in [-0.4, -0.2) is 51.7 Å². The molecule has 0 fully saturated rings. The van der Waals surface area contributed by atoms with E-state index in [9.17, 15) is 0 Å². The van der Waals surface area contributed by atoms with E-state index in [4.69, 9.17) is 25.1 Å². The minimum Gasteiger partial charge on any atom is -0.493 e. The van der Waals surface area contributed by atoms with E-state index in [0.29, 0.717) is 37.2 Å². The predicted molar refractivity (Wildman–Crippen MR) is 82.2 cm³/mol. The lowest BCUT2D eigenvalue weighted by molar-refractivity contribution is 0.0918. The molecule has 1 rings (SSSR count). The highest BCUT2D eigenvalue weighted by Gasteiger charge is 2.04. The fourth-order valence-electron chi connectivity index (χ4n) is 1.63. The Balaban J connectivity index is 2.44. The number of nitrogens with one attached hydrogen (secondary N) is 1. The van der Waals surface area contributed by atoms with Crippen molar-refractivity contribution < 1.29 is 19.3 Å². The maximum absolute atomic E-state index is 8.55. The van der Waals surface area contributed by atoms with Gasteiger partial charge in [0.2, 0.25) is 0 Å². The van der Waals surface area contributed by atoms with Crippen molar-refractivity contribution >= 4 is 11.6 Å². The van der Waals surface area contributed by atoms with Crippen molar-refractivity contribution in [2.75, 3.05) is 45.9 Å². The number of guanidine groups is 1. The molecule has 0 aliphatic carbocycles. The number of rotatable bonds is 9. The van der Waals surface area contributed by atoms with Gasteiger partial charge in [-0.2, -0.15) is 0 Å². The Morgan fingerprint density at radius 2 is 2.00 bits per heavy atom. The van der Waals surface area contributed by atoms with Crippen LogP contribution in [-0.2, 0) is 4.74 Å². The van der Waals surface area contributed by atoms with Crippen molar-refractivity contribution in [1.29, 1.82) is 0 Å². The zero-order chi connectivity index (χ0) is 15.5. The number of aliphatic imine (C=N–C) groups is 1. The number of benzene rings is 1. The second-order valence-corrected chi connectivity index (χ2v) is 4.15. The molecule has 1 aromatic carbocycles. The summed E-state index contributed by atoms with van der Waals surface area (Å²) in [7, 11) is 3.16. The van der Waals surface area contributed by atoms with Gasteiger partial charge in [0, 0.05) is 24.9 Å². The van der Waals surface area contributed by atoms with Crippen LogP contribution in [0, 0.1) is 0 Å². The molecule has 1 aromatic rings. The molecule has 0 saturated heterocycles. The van der Waals surface area contributed by atoms with Crippen molar-refractivity contribution in [1.82, 2.24) is 0 Å². The Morgan fingerprint density at radius 1 is 1.24 bits per heavy atom. The van der Waals surface area contributed by atoms with Crippen molar-refractivity contribution in [2.24, 2.45) is 10.7 Å². The molecule has 118 valence electrons. The molecule has 0 atom stereocenters. The van der Waals surface area contributed by atoms with E-state index in [0.717, 1.165) is 12.1 Å². The quantitative estimate of drug-likeness (QED) is 0.355. The van der Waals surface area contributed by atoms with Gasteiger partial charge in [-0.15, -0.1) is 0 Å². The minimum absolute atomic E-state index is 0.0340. The molecule has 0 aromatic heterocycles. The summed E-state index contributed by atoms with van der Waals surface area (Å²) in [6.45, 7) is 1.49. The smallest absolute Gasteiger partial charge is 0.193 e. The molecule has 0 bridgehead atoms.